The predicted molar refractivity (Wildman–Crippen MR) is 97.9 cm³/mol. The molecule has 0 amide bonds. The number of aryl methyl sites for hydroxylation is 1. The van der Waals surface area contributed by atoms with Gasteiger partial charge >= 0.3 is 7.12 Å². The zero-order valence-corrected chi connectivity index (χ0v) is 14.5. The fourth-order valence-electron chi connectivity index (χ4n) is 3.03. The molecule has 3 rings (SSSR count). The first-order chi connectivity index (χ1) is 12.2. The van der Waals surface area contributed by atoms with Crippen LogP contribution in [-0.2, 0) is 16.0 Å². The third-order valence-electron chi connectivity index (χ3n) is 4.32. The Labute approximate surface area is 148 Å². The highest BCUT2D eigenvalue weighted by molar-refractivity contribution is 6.63. The van der Waals surface area contributed by atoms with E-state index in [-0.39, 0.29) is 6.10 Å². The Balaban J connectivity index is 1.51. The first-order valence-electron chi connectivity index (χ1n) is 8.62. The van der Waals surface area contributed by atoms with E-state index in [0.717, 1.165) is 23.1 Å². The van der Waals surface area contributed by atoms with Crippen molar-refractivity contribution >= 4 is 12.6 Å². The predicted octanol–water partition coefficient (Wildman–Crippen LogP) is 1.70. The van der Waals surface area contributed by atoms with Crippen LogP contribution < -0.4 is 15.9 Å². The molecule has 0 aliphatic carbocycles. The Morgan fingerprint density at radius 1 is 1.16 bits per heavy atom. The molecule has 0 saturated heterocycles. The van der Waals surface area contributed by atoms with Gasteiger partial charge in [0.05, 0.1) is 25.9 Å². The summed E-state index contributed by atoms with van der Waals surface area (Å²) in [5, 5.41) is 10.2. The summed E-state index contributed by atoms with van der Waals surface area (Å²) in [5.74, 6) is 0.698. The van der Waals surface area contributed by atoms with Crippen LogP contribution in [0.1, 0.15) is 29.2 Å². The fraction of sp³-hybridized carbons (Fsp3) is 0.368. The second-order valence-electron chi connectivity index (χ2n) is 6.17. The van der Waals surface area contributed by atoms with Crippen LogP contribution in [0.25, 0.3) is 0 Å². The zero-order chi connectivity index (χ0) is 17.6. The molecular formula is C19H24BNO4. The molecule has 0 fully saturated rings. The molecule has 2 aromatic carbocycles. The lowest BCUT2D eigenvalue weighted by Crippen LogP contribution is -2.30. The quantitative estimate of drug-likeness (QED) is 0.565. The molecule has 25 heavy (non-hydrogen) atoms. The average molecular weight is 341 g/mol. The van der Waals surface area contributed by atoms with Crippen LogP contribution in [0.2, 0.25) is 0 Å². The van der Waals surface area contributed by atoms with E-state index in [1.807, 2.05) is 49.4 Å². The Morgan fingerprint density at radius 3 is 2.72 bits per heavy atom. The minimum absolute atomic E-state index is 0.276. The summed E-state index contributed by atoms with van der Waals surface area (Å²) < 4.78 is 17.1. The molecule has 1 atom stereocenters. The first-order valence-corrected chi connectivity index (χ1v) is 8.62. The van der Waals surface area contributed by atoms with Crippen molar-refractivity contribution in [3.63, 3.8) is 0 Å². The third-order valence-corrected chi connectivity index (χ3v) is 4.32. The van der Waals surface area contributed by atoms with Crippen LogP contribution in [0.3, 0.4) is 0 Å². The van der Waals surface area contributed by atoms with Crippen LogP contribution >= 0.6 is 0 Å². The third kappa shape index (κ3) is 4.22. The number of fused-ring (bicyclic) bond motifs is 1. The Hall–Kier alpha value is -1.86. The van der Waals surface area contributed by atoms with Crippen LogP contribution in [0, 0.1) is 6.92 Å². The summed E-state index contributed by atoms with van der Waals surface area (Å²) in [4.78, 5) is 0. The summed E-state index contributed by atoms with van der Waals surface area (Å²) in [6.45, 7) is 4.04. The Bertz CT molecular complexity index is 695. The van der Waals surface area contributed by atoms with Crippen molar-refractivity contribution in [2.75, 3.05) is 19.8 Å². The second kappa shape index (κ2) is 8.49. The van der Waals surface area contributed by atoms with Crippen molar-refractivity contribution in [2.24, 2.45) is 5.73 Å². The Kier molecular flexibility index (Phi) is 6.10. The zero-order valence-electron chi connectivity index (χ0n) is 14.5. The van der Waals surface area contributed by atoms with E-state index in [4.69, 9.17) is 19.9 Å². The lowest BCUT2D eigenvalue weighted by molar-refractivity contribution is 0.107. The largest absolute Gasteiger partial charge is 0.495 e. The minimum atomic E-state index is -0.979. The standard InChI is InChI=1S/C19H24BNO4/c1-14-8-9-16-17(12-21)25-20(22)18(16)19(14)24-11-5-10-23-13-15-6-3-2-4-7-15/h2-4,6-9,17,22H,5,10-13,21H2,1H3. The van der Waals surface area contributed by atoms with Gasteiger partial charge in [0.1, 0.15) is 5.75 Å². The number of benzene rings is 2. The highest BCUT2D eigenvalue weighted by Crippen LogP contribution is 2.29. The summed E-state index contributed by atoms with van der Waals surface area (Å²) in [6, 6.07) is 14.0. The van der Waals surface area contributed by atoms with Gasteiger partial charge in [0.15, 0.2) is 0 Å². The lowest BCUT2D eigenvalue weighted by atomic mass is 9.77. The van der Waals surface area contributed by atoms with Crippen molar-refractivity contribution in [3.05, 3.63) is 59.2 Å². The molecule has 1 heterocycles. The summed E-state index contributed by atoms with van der Waals surface area (Å²) in [6.07, 6.45) is 0.495. The molecule has 0 saturated carbocycles. The SMILES string of the molecule is Cc1ccc2c(c1OCCCOCc1ccccc1)B(O)OC2CN. The van der Waals surface area contributed by atoms with E-state index in [2.05, 4.69) is 0 Å². The van der Waals surface area contributed by atoms with E-state index >= 15 is 0 Å². The van der Waals surface area contributed by atoms with Gasteiger partial charge in [0.2, 0.25) is 0 Å². The summed E-state index contributed by atoms with van der Waals surface area (Å²) in [7, 11) is -0.979. The molecule has 132 valence electrons. The monoisotopic (exact) mass is 341 g/mol. The van der Waals surface area contributed by atoms with E-state index in [9.17, 15) is 5.02 Å². The van der Waals surface area contributed by atoms with Crippen molar-refractivity contribution in [1.82, 2.24) is 0 Å². The number of rotatable bonds is 8. The summed E-state index contributed by atoms with van der Waals surface area (Å²) in [5.41, 5.74) is 9.47. The van der Waals surface area contributed by atoms with Crippen LogP contribution in [0.4, 0.5) is 0 Å². The van der Waals surface area contributed by atoms with Gasteiger partial charge in [-0.2, -0.15) is 0 Å². The maximum Gasteiger partial charge on any atom is 0.495 e. The Morgan fingerprint density at radius 2 is 1.96 bits per heavy atom. The van der Waals surface area contributed by atoms with E-state index in [1.165, 1.54) is 0 Å². The average Bonchev–Trinajstić information content (AvgIpc) is 2.96. The van der Waals surface area contributed by atoms with Crippen LogP contribution in [0.15, 0.2) is 42.5 Å². The van der Waals surface area contributed by atoms with Crippen molar-refractivity contribution in [2.45, 2.75) is 26.1 Å². The minimum Gasteiger partial charge on any atom is -0.494 e. The summed E-state index contributed by atoms with van der Waals surface area (Å²) >= 11 is 0. The van der Waals surface area contributed by atoms with Crippen molar-refractivity contribution in [1.29, 1.82) is 0 Å². The molecule has 6 heteroatoms. The van der Waals surface area contributed by atoms with Gasteiger partial charge in [0.25, 0.3) is 0 Å². The number of hydrogen-bond donors (Lipinski definition) is 2. The highest BCUT2D eigenvalue weighted by Gasteiger charge is 2.37. The van der Waals surface area contributed by atoms with Crippen LogP contribution in [0.5, 0.6) is 5.75 Å². The molecule has 3 N–H and O–H groups in total. The smallest absolute Gasteiger partial charge is 0.494 e. The molecule has 5 nitrogen and oxygen atoms in total. The topological polar surface area (TPSA) is 73.9 Å². The van der Waals surface area contributed by atoms with Gasteiger partial charge in [-0.05, 0) is 23.6 Å². The maximum absolute atomic E-state index is 10.2. The van der Waals surface area contributed by atoms with Gasteiger partial charge in [-0.25, -0.2) is 0 Å². The number of hydrogen-bond acceptors (Lipinski definition) is 5. The van der Waals surface area contributed by atoms with Crippen LogP contribution in [-0.4, -0.2) is 31.9 Å². The van der Waals surface area contributed by atoms with Gasteiger partial charge in [-0.3, -0.25) is 0 Å². The molecule has 1 aliphatic heterocycles. The van der Waals surface area contributed by atoms with E-state index in [0.29, 0.717) is 37.6 Å². The van der Waals surface area contributed by atoms with E-state index < -0.39 is 7.12 Å². The normalized spacial score (nSPS) is 16.1. The molecule has 0 spiro atoms. The molecule has 1 unspecified atom stereocenters. The molecule has 0 bridgehead atoms. The lowest BCUT2D eigenvalue weighted by Gasteiger charge is -2.14. The van der Waals surface area contributed by atoms with E-state index in [1.54, 1.807) is 0 Å². The maximum atomic E-state index is 10.2. The van der Waals surface area contributed by atoms with Gasteiger partial charge in [-0.1, -0.05) is 42.5 Å². The fourth-order valence-corrected chi connectivity index (χ4v) is 3.03. The first kappa shape index (κ1) is 18.0. The molecule has 0 radical (unpaired) electrons. The number of ether oxygens (including phenoxy) is 2. The molecular weight excluding hydrogens is 317 g/mol. The number of nitrogens with two attached hydrogens (primary N) is 1. The molecule has 1 aliphatic rings. The van der Waals surface area contributed by atoms with Gasteiger partial charge in [-0.15, -0.1) is 0 Å². The van der Waals surface area contributed by atoms with Gasteiger partial charge < -0.3 is 24.9 Å². The van der Waals surface area contributed by atoms with Crippen molar-refractivity contribution in [3.8, 4) is 5.75 Å². The molecule has 0 aromatic heterocycles. The highest BCUT2D eigenvalue weighted by atomic mass is 16.5. The second-order valence-corrected chi connectivity index (χ2v) is 6.17. The molecule has 2 aromatic rings. The van der Waals surface area contributed by atoms with Gasteiger partial charge in [0, 0.05) is 18.4 Å². The van der Waals surface area contributed by atoms with Crippen molar-refractivity contribution < 1.29 is 19.2 Å².